The van der Waals surface area contributed by atoms with Crippen LogP contribution >= 0.6 is 0 Å². The Kier molecular flexibility index (Phi) is 3.65. The number of nitrogens with zero attached hydrogens (tertiary/aromatic N) is 1. The first-order valence-corrected chi connectivity index (χ1v) is 5.62. The molecule has 1 amide bonds. The molecule has 0 bridgehead atoms. The minimum atomic E-state index is -1.69. The van der Waals surface area contributed by atoms with Crippen LogP contribution in [0.1, 0.15) is 10.4 Å². The second-order valence-corrected chi connectivity index (χ2v) is 4.11. The van der Waals surface area contributed by atoms with E-state index in [0.717, 1.165) is 11.0 Å². The van der Waals surface area contributed by atoms with Crippen LogP contribution < -0.4 is 4.90 Å². The van der Waals surface area contributed by atoms with E-state index >= 15 is 0 Å². The molecular weight excluding hydrogens is 271 g/mol. The molecule has 0 saturated heterocycles. The summed E-state index contributed by atoms with van der Waals surface area (Å²) in [4.78, 5) is 13.1. The van der Waals surface area contributed by atoms with Crippen molar-refractivity contribution in [3.8, 4) is 5.75 Å². The second-order valence-electron chi connectivity index (χ2n) is 4.11. The van der Waals surface area contributed by atoms with Gasteiger partial charge in [-0.3, -0.25) is 4.79 Å². The van der Waals surface area contributed by atoms with Gasteiger partial charge in [0.2, 0.25) is 0 Å². The van der Waals surface area contributed by atoms with E-state index in [1.807, 2.05) is 0 Å². The SMILES string of the molecule is CN(C(=O)c1ccc(F)c(F)c1F)c1cccc(O)c1. The van der Waals surface area contributed by atoms with E-state index in [9.17, 15) is 23.1 Å². The fourth-order valence-corrected chi connectivity index (χ4v) is 1.69. The molecule has 0 saturated carbocycles. The molecule has 0 spiro atoms. The quantitative estimate of drug-likeness (QED) is 0.859. The van der Waals surface area contributed by atoms with Crippen molar-refractivity contribution in [1.29, 1.82) is 0 Å². The summed E-state index contributed by atoms with van der Waals surface area (Å²) in [5.74, 6) is -5.53. The molecule has 0 heterocycles. The Morgan fingerprint density at radius 3 is 2.45 bits per heavy atom. The van der Waals surface area contributed by atoms with Crippen molar-refractivity contribution in [3.05, 3.63) is 59.4 Å². The third-order valence-corrected chi connectivity index (χ3v) is 2.79. The molecule has 20 heavy (non-hydrogen) atoms. The van der Waals surface area contributed by atoms with Gasteiger partial charge in [0.15, 0.2) is 17.5 Å². The highest BCUT2D eigenvalue weighted by Gasteiger charge is 2.22. The van der Waals surface area contributed by atoms with Crippen LogP contribution in [0.25, 0.3) is 0 Å². The van der Waals surface area contributed by atoms with Gasteiger partial charge in [-0.15, -0.1) is 0 Å². The highest BCUT2D eigenvalue weighted by atomic mass is 19.2. The maximum Gasteiger partial charge on any atom is 0.261 e. The molecule has 1 N–H and O–H groups in total. The lowest BCUT2D eigenvalue weighted by atomic mass is 10.1. The van der Waals surface area contributed by atoms with Gasteiger partial charge in [0.1, 0.15) is 5.75 Å². The number of anilines is 1. The van der Waals surface area contributed by atoms with Gasteiger partial charge in [0.25, 0.3) is 5.91 Å². The van der Waals surface area contributed by atoms with Gasteiger partial charge < -0.3 is 10.0 Å². The third kappa shape index (κ3) is 2.45. The average Bonchev–Trinajstić information content (AvgIpc) is 2.43. The van der Waals surface area contributed by atoms with Crippen LogP contribution in [0.4, 0.5) is 18.9 Å². The molecule has 3 nitrogen and oxygen atoms in total. The standard InChI is InChI=1S/C14H10F3NO2/c1-18(8-3-2-4-9(19)7-8)14(20)10-5-6-11(15)13(17)12(10)16/h2-7,19H,1H3. The van der Waals surface area contributed by atoms with Crippen LogP contribution in [0.3, 0.4) is 0 Å². The summed E-state index contributed by atoms with van der Waals surface area (Å²) in [5, 5.41) is 9.33. The van der Waals surface area contributed by atoms with E-state index in [-0.39, 0.29) is 5.75 Å². The molecule has 0 aromatic heterocycles. The van der Waals surface area contributed by atoms with Crippen molar-refractivity contribution in [2.24, 2.45) is 0 Å². The normalized spacial score (nSPS) is 10.4. The molecule has 0 aliphatic rings. The summed E-state index contributed by atoms with van der Waals surface area (Å²) in [5.41, 5.74) is -0.297. The van der Waals surface area contributed by atoms with E-state index in [1.165, 1.54) is 31.3 Å². The van der Waals surface area contributed by atoms with Gasteiger partial charge in [0.05, 0.1) is 5.56 Å². The number of carbonyl (C=O) groups is 1. The van der Waals surface area contributed by atoms with E-state index in [1.54, 1.807) is 0 Å². The average molecular weight is 281 g/mol. The first-order valence-electron chi connectivity index (χ1n) is 5.62. The lowest BCUT2D eigenvalue weighted by molar-refractivity contribution is 0.0988. The van der Waals surface area contributed by atoms with Crippen molar-refractivity contribution in [2.45, 2.75) is 0 Å². The van der Waals surface area contributed by atoms with Gasteiger partial charge in [0, 0.05) is 18.8 Å². The minimum Gasteiger partial charge on any atom is -0.508 e. The Balaban J connectivity index is 2.39. The highest BCUT2D eigenvalue weighted by molar-refractivity contribution is 6.06. The number of benzene rings is 2. The summed E-state index contributed by atoms with van der Waals surface area (Å²) in [6.45, 7) is 0. The maximum absolute atomic E-state index is 13.6. The molecule has 0 aliphatic heterocycles. The number of halogens is 3. The molecule has 0 fully saturated rings. The second kappa shape index (κ2) is 5.24. The van der Waals surface area contributed by atoms with E-state index in [0.29, 0.717) is 11.8 Å². The molecular formula is C14H10F3NO2. The topological polar surface area (TPSA) is 40.5 Å². The largest absolute Gasteiger partial charge is 0.508 e. The lowest BCUT2D eigenvalue weighted by Gasteiger charge is -2.18. The van der Waals surface area contributed by atoms with Gasteiger partial charge in [-0.2, -0.15) is 0 Å². The van der Waals surface area contributed by atoms with Crippen LogP contribution in [0.2, 0.25) is 0 Å². The van der Waals surface area contributed by atoms with E-state index in [4.69, 9.17) is 0 Å². The number of rotatable bonds is 2. The predicted molar refractivity (Wildman–Crippen MR) is 67.2 cm³/mol. The summed E-state index contributed by atoms with van der Waals surface area (Å²) in [6, 6.07) is 7.25. The first kappa shape index (κ1) is 13.9. The van der Waals surface area contributed by atoms with E-state index in [2.05, 4.69) is 0 Å². The van der Waals surface area contributed by atoms with Gasteiger partial charge in [-0.25, -0.2) is 13.2 Å². The van der Waals surface area contributed by atoms with Crippen molar-refractivity contribution in [2.75, 3.05) is 11.9 Å². The Hall–Kier alpha value is -2.50. The lowest BCUT2D eigenvalue weighted by Crippen LogP contribution is -2.27. The van der Waals surface area contributed by atoms with Gasteiger partial charge in [-0.1, -0.05) is 6.07 Å². The minimum absolute atomic E-state index is 0.0760. The van der Waals surface area contributed by atoms with Crippen LogP contribution in [0, 0.1) is 17.5 Å². The molecule has 0 atom stereocenters. The van der Waals surface area contributed by atoms with Gasteiger partial charge in [-0.05, 0) is 24.3 Å². The van der Waals surface area contributed by atoms with Crippen molar-refractivity contribution in [1.82, 2.24) is 0 Å². The summed E-state index contributed by atoms with van der Waals surface area (Å²) in [6.07, 6.45) is 0. The fraction of sp³-hybridized carbons (Fsp3) is 0.0714. The van der Waals surface area contributed by atoms with Gasteiger partial charge >= 0.3 is 0 Å². The van der Waals surface area contributed by atoms with Crippen molar-refractivity contribution < 1.29 is 23.1 Å². The molecule has 0 unspecified atom stereocenters. The molecule has 2 aromatic carbocycles. The Morgan fingerprint density at radius 2 is 1.80 bits per heavy atom. The molecule has 2 aromatic rings. The van der Waals surface area contributed by atoms with Crippen LogP contribution in [-0.2, 0) is 0 Å². The number of carbonyl (C=O) groups excluding carboxylic acids is 1. The Morgan fingerprint density at radius 1 is 1.10 bits per heavy atom. The Labute approximate surface area is 112 Å². The Bertz CT molecular complexity index is 673. The number of amides is 1. The third-order valence-electron chi connectivity index (χ3n) is 2.79. The number of hydrogen-bond donors (Lipinski definition) is 1. The van der Waals surface area contributed by atoms with Crippen molar-refractivity contribution in [3.63, 3.8) is 0 Å². The van der Waals surface area contributed by atoms with Crippen molar-refractivity contribution >= 4 is 11.6 Å². The van der Waals surface area contributed by atoms with E-state index < -0.39 is 28.9 Å². The number of aromatic hydroxyl groups is 1. The summed E-state index contributed by atoms with van der Waals surface area (Å²) >= 11 is 0. The number of phenols is 1. The predicted octanol–water partition coefficient (Wildman–Crippen LogP) is 3.09. The smallest absolute Gasteiger partial charge is 0.261 e. The number of phenolic OH excluding ortho intramolecular Hbond substituents is 1. The van der Waals surface area contributed by atoms with Crippen LogP contribution in [0.15, 0.2) is 36.4 Å². The molecule has 104 valence electrons. The first-order chi connectivity index (χ1) is 9.41. The molecule has 0 radical (unpaired) electrons. The number of hydrogen-bond acceptors (Lipinski definition) is 2. The van der Waals surface area contributed by atoms with Crippen LogP contribution in [-0.4, -0.2) is 18.1 Å². The fourth-order valence-electron chi connectivity index (χ4n) is 1.69. The zero-order valence-corrected chi connectivity index (χ0v) is 10.4. The molecule has 2 rings (SSSR count). The highest BCUT2D eigenvalue weighted by Crippen LogP contribution is 2.22. The summed E-state index contributed by atoms with van der Waals surface area (Å²) in [7, 11) is 1.33. The zero-order valence-electron chi connectivity index (χ0n) is 10.4. The van der Waals surface area contributed by atoms with Crippen LogP contribution in [0.5, 0.6) is 5.75 Å². The molecule has 6 heteroatoms. The molecule has 0 aliphatic carbocycles. The monoisotopic (exact) mass is 281 g/mol. The zero-order chi connectivity index (χ0) is 14.9. The maximum atomic E-state index is 13.6. The summed E-state index contributed by atoms with van der Waals surface area (Å²) < 4.78 is 39.5.